The molecule has 21 heavy (non-hydrogen) atoms. The fourth-order valence-electron chi connectivity index (χ4n) is 2.17. The molecule has 0 aliphatic carbocycles. The molecule has 2 rings (SSSR count). The third kappa shape index (κ3) is 3.47. The van der Waals surface area contributed by atoms with Crippen LogP contribution in [0.2, 0.25) is 0 Å². The highest BCUT2D eigenvalue weighted by Crippen LogP contribution is 2.41. The van der Waals surface area contributed by atoms with E-state index in [1.807, 2.05) is 6.92 Å². The first-order valence-electron chi connectivity index (χ1n) is 6.84. The molecule has 0 aliphatic heterocycles. The summed E-state index contributed by atoms with van der Waals surface area (Å²) in [7, 11) is 0. The lowest BCUT2D eigenvalue weighted by atomic mass is 9.99. The molecule has 1 atom stereocenters. The summed E-state index contributed by atoms with van der Waals surface area (Å²) >= 11 is 0. The number of halogens is 3. The molecule has 0 amide bonds. The lowest BCUT2D eigenvalue weighted by molar-refractivity contribution is -0.206. The number of alkyl halides is 3. The predicted octanol–water partition coefficient (Wildman–Crippen LogP) is 4.61. The molecule has 1 N–H and O–H groups in total. The van der Waals surface area contributed by atoms with Gasteiger partial charge in [-0.2, -0.15) is 13.2 Å². The van der Waals surface area contributed by atoms with Crippen molar-refractivity contribution in [3.05, 3.63) is 42.0 Å². The van der Waals surface area contributed by atoms with Crippen molar-refractivity contribution in [2.45, 2.75) is 32.0 Å². The molecule has 0 saturated heterocycles. The van der Waals surface area contributed by atoms with Gasteiger partial charge in [0, 0.05) is 5.56 Å². The summed E-state index contributed by atoms with van der Waals surface area (Å²) in [6.45, 7) is 2.29. The van der Waals surface area contributed by atoms with Crippen LogP contribution in [0, 0.1) is 0 Å². The zero-order valence-corrected chi connectivity index (χ0v) is 11.7. The van der Waals surface area contributed by atoms with Gasteiger partial charge in [-0.15, -0.1) is 0 Å². The van der Waals surface area contributed by atoms with Crippen LogP contribution >= 0.6 is 0 Å². The van der Waals surface area contributed by atoms with Crippen LogP contribution in [-0.2, 0) is 0 Å². The zero-order chi connectivity index (χ0) is 15.5. The van der Waals surface area contributed by atoms with Gasteiger partial charge in [0.05, 0.1) is 6.61 Å². The quantitative estimate of drug-likeness (QED) is 0.816. The normalized spacial score (nSPS) is 13.4. The second-order valence-electron chi connectivity index (χ2n) is 4.84. The number of aliphatic hydroxyl groups excluding tert-OH is 1. The second kappa shape index (κ2) is 6.35. The van der Waals surface area contributed by atoms with Gasteiger partial charge in [0.2, 0.25) is 0 Å². The molecule has 0 aliphatic rings. The molecule has 0 fully saturated rings. The monoisotopic (exact) mass is 298 g/mol. The molecule has 0 heterocycles. The highest BCUT2D eigenvalue weighted by Gasteiger charge is 2.41. The zero-order valence-electron chi connectivity index (χ0n) is 11.7. The van der Waals surface area contributed by atoms with Crippen molar-refractivity contribution in [3.8, 4) is 5.75 Å². The number of aliphatic hydroxyl groups is 1. The van der Waals surface area contributed by atoms with Gasteiger partial charge in [0.25, 0.3) is 0 Å². The van der Waals surface area contributed by atoms with Gasteiger partial charge in [0.15, 0.2) is 6.10 Å². The van der Waals surface area contributed by atoms with Crippen LogP contribution in [0.4, 0.5) is 13.2 Å². The Labute approximate surface area is 121 Å². The topological polar surface area (TPSA) is 29.5 Å². The third-order valence-electron chi connectivity index (χ3n) is 3.27. The summed E-state index contributed by atoms with van der Waals surface area (Å²) in [6, 6.07) is 9.84. The Bertz CT molecular complexity index is 608. The largest absolute Gasteiger partial charge is 0.493 e. The average molecular weight is 298 g/mol. The summed E-state index contributed by atoms with van der Waals surface area (Å²) in [5, 5.41) is 10.7. The van der Waals surface area contributed by atoms with Gasteiger partial charge < -0.3 is 9.84 Å². The van der Waals surface area contributed by atoms with Crippen LogP contribution < -0.4 is 4.74 Å². The molecule has 2 aromatic rings. The SMILES string of the molecule is CCCCOc1ccc2ccccc2c1C(O)C(F)(F)F. The highest BCUT2D eigenvalue weighted by atomic mass is 19.4. The summed E-state index contributed by atoms with van der Waals surface area (Å²) in [5.74, 6) is 0.0898. The van der Waals surface area contributed by atoms with Crippen LogP contribution in [0.15, 0.2) is 36.4 Å². The Kier molecular flexibility index (Phi) is 4.73. The van der Waals surface area contributed by atoms with E-state index in [1.165, 1.54) is 6.07 Å². The summed E-state index contributed by atoms with van der Waals surface area (Å²) in [5.41, 5.74) is -0.211. The Balaban J connectivity index is 2.52. The molecule has 5 heteroatoms. The second-order valence-corrected chi connectivity index (χ2v) is 4.84. The fraction of sp³-hybridized carbons (Fsp3) is 0.375. The van der Waals surface area contributed by atoms with Crippen molar-refractivity contribution in [2.24, 2.45) is 0 Å². The maximum atomic E-state index is 12.9. The molecule has 2 nitrogen and oxygen atoms in total. The maximum Gasteiger partial charge on any atom is 0.418 e. The summed E-state index contributed by atoms with van der Waals surface area (Å²) < 4.78 is 44.2. The molecule has 0 bridgehead atoms. The van der Waals surface area contributed by atoms with E-state index < -0.39 is 12.3 Å². The Morgan fingerprint density at radius 1 is 1.14 bits per heavy atom. The Morgan fingerprint density at radius 2 is 1.86 bits per heavy atom. The number of benzene rings is 2. The van der Waals surface area contributed by atoms with E-state index in [0.717, 1.165) is 12.8 Å². The number of rotatable bonds is 5. The molecule has 2 aromatic carbocycles. The van der Waals surface area contributed by atoms with E-state index in [4.69, 9.17) is 4.74 Å². The summed E-state index contributed by atoms with van der Waals surface area (Å²) in [4.78, 5) is 0. The minimum absolute atomic E-state index is 0.0898. The molecule has 0 aromatic heterocycles. The minimum Gasteiger partial charge on any atom is -0.493 e. The van der Waals surface area contributed by atoms with Crippen LogP contribution in [-0.4, -0.2) is 17.9 Å². The van der Waals surface area contributed by atoms with Gasteiger partial charge in [0.1, 0.15) is 5.75 Å². The number of hydrogen-bond donors (Lipinski definition) is 1. The van der Waals surface area contributed by atoms with Crippen molar-refractivity contribution in [2.75, 3.05) is 6.61 Å². The van der Waals surface area contributed by atoms with Crippen molar-refractivity contribution >= 4 is 10.8 Å². The molecular formula is C16H17F3O2. The molecule has 0 radical (unpaired) electrons. The number of unbranched alkanes of at least 4 members (excludes halogenated alkanes) is 1. The van der Waals surface area contributed by atoms with Crippen molar-refractivity contribution < 1.29 is 23.0 Å². The van der Waals surface area contributed by atoms with Gasteiger partial charge in [-0.05, 0) is 23.3 Å². The predicted molar refractivity (Wildman–Crippen MR) is 75.4 cm³/mol. The van der Waals surface area contributed by atoms with Gasteiger partial charge in [-0.1, -0.05) is 43.7 Å². The first-order valence-corrected chi connectivity index (χ1v) is 6.84. The molecule has 114 valence electrons. The van der Waals surface area contributed by atoms with E-state index in [2.05, 4.69) is 0 Å². The van der Waals surface area contributed by atoms with E-state index in [0.29, 0.717) is 17.4 Å². The van der Waals surface area contributed by atoms with E-state index in [1.54, 1.807) is 30.3 Å². The van der Waals surface area contributed by atoms with Gasteiger partial charge in [-0.3, -0.25) is 0 Å². The standard InChI is InChI=1S/C16H17F3O2/c1-2-3-10-21-13-9-8-11-6-4-5-7-12(11)14(13)15(20)16(17,18)19/h4-9,15,20H,2-3,10H2,1H3. The van der Waals surface area contributed by atoms with E-state index >= 15 is 0 Å². The van der Waals surface area contributed by atoms with E-state index in [-0.39, 0.29) is 11.3 Å². The van der Waals surface area contributed by atoms with Crippen molar-refractivity contribution in [1.29, 1.82) is 0 Å². The molecule has 0 spiro atoms. The van der Waals surface area contributed by atoms with E-state index in [9.17, 15) is 18.3 Å². The molecular weight excluding hydrogens is 281 g/mol. The maximum absolute atomic E-state index is 12.9. The highest BCUT2D eigenvalue weighted by molar-refractivity contribution is 5.88. The number of ether oxygens (including phenoxy) is 1. The Morgan fingerprint density at radius 3 is 2.52 bits per heavy atom. The van der Waals surface area contributed by atoms with Crippen LogP contribution in [0.5, 0.6) is 5.75 Å². The smallest absolute Gasteiger partial charge is 0.418 e. The van der Waals surface area contributed by atoms with Gasteiger partial charge >= 0.3 is 6.18 Å². The number of fused-ring (bicyclic) bond motifs is 1. The van der Waals surface area contributed by atoms with Crippen molar-refractivity contribution in [1.82, 2.24) is 0 Å². The van der Waals surface area contributed by atoms with Crippen LogP contribution in [0.25, 0.3) is 10.8 Å². The van der Waals surface area contributed by atoms with Gasteiger partial charge in [-0.25, -0.2) is 0 Å². The first-order chi connectivity index (χ1) is 9.95. The fourth-order valence-corrected chi connectivity index (χ4v) is 2.17. The van der Waals surface area contributed by atoms with Crippen LogP contribution in [0.3, 0.4) is 0 Å². The average Bonchev–Trinajstić information content (AvgIpc) is 2.45. The lowest BCUT2D eigenvalue weighted by Crippen LogP contribution is -2.21. The van der Waals surface area contributed by atoms with Crippen molar-refractivity contribution in [3.63, 3.8) is 0 Å². The molecule has 0 saturated carbocycles. The molecule has 1 unspecified atom stereocenters. The first kappa shape index (κ1) is 15.6. The summed E-state index contributed by atoms with van der Waals surface area (Å²) in [6.07, 6.45) is -5.66. The minimum atomic E-state index is -4.73. The number of hydrogen-bond acceptors (Lipinski definition) is 2. The Hall–Kier alpha value is -1.75. The van der Waals surface area contributed by atoms with Crippen LogP contribution in [0.1, 0.15) is 31.4 Å². The third-order valence-corrected chi connectivity index (χ3v) is 3.27. The lowest BCUT2D eigenvalue weighted by Gasteiger charge is -2.20.